The zero-order valence-corrected chi connectivity index (χ0v) is 16.7. The van der Waals surface area contributed by atoms with Gasteiger partial charge >= 0.3 is 6.18 Å². The van der Waals surface area contributed by atoms with Gasteiger partial charge in [0.15, 0.2) is 0 Å². The fraction of sp³-hybridized carbons (Fsp3) is 0.294. The Bertz CT molecular complexity index is 1050. The fourth-order valence-electron chi connectivity index (χ4n) is 2.33. The monoisotopic (exact) mass is 451 g/mol. The SMILES string of the molecule is CNS(=O)(=O)Cc1ccc(CNC(=O)Cn2cc(C(F)(F)F)cc(Cl)c2=O)cc1. The predicted octanol–water partition coefficient (Wildman–Crippen LogP) is 1.89. The van der Waals surface area contributed by atoms with Gasteiger partial charge in [0.05, 0.1) is 11.3 Å². The molecule has 0 atom stereocenters. The zero-order chi connectivity index (χ0) is 21.8. The number of nitrogens with one attached hydrogen (secondary N) is 2. The van der Waals surface area contributed by atoms with E-state index in [9.17, 15) is 31.2 Å². The number of pyridine rings is 1. The Morgan fingerprint density at radius 3 is 2.31 bits per heavy atom. The van der Waals surface area contributed by atoms with Crippen molar-refractivity contribution in [1.82, 2.24) is 14.6 Å². The lowest BCUT2D eigenvalue weighted by atomic mass is 10.1. The first-order valence-corrected chi connectivity index (χ1v) is 10.2. The number of rotatable bonds is 7. The summed E-state index contributed by atoms with van der Waals surface area (Å²) in [6, 6.07) is 6.87. The van der Waals surface area contributed by atoms with E-state index in [4.69, 9.17) is 11.6 Å². The van der Waals surface area contributed by atoms with Crippen molar-refractivity contribution in [1.29, 1.82) is 0 Å². The number of halogens is 4. The van der Waals surface area contributed by atoms with Gasteiger partial charge in [-0.15, -0.1) is 0 Å². The molecule has 2 N–H and O–H groups in total. The van der Waals surface area contributed by atoms with E-state index in [1.54, 1.807) is 24.3 Å². The van der Waals surface area contributed by atoms with Crippen LogP contribution in [0.5, 0.6) is 0 Å². The van der Waals surface area contributed by atoms with Crippen LogP contribution in [0, 0.1) is 0 Å². The average molecular weight is 452 g/mol. The number of sulfonamides is 1. The predicted molar refractivity (Wildman–Crippen MR) is 101 cm³/mol. The molecule has 2 rings (SSSR count). The van der Waals surface area contributed by atoms with E-state index in [2.05, 4.69) is 10.0 Å². The van der Waals surface area contributed by atoms with Crippen molar-refractivity contribution in [2.75, 3.05) is 7.05 Å². The van der Waals surface area contributed by atoms with Gasteiger partial charge in [0, 0.05) is 12.7 Å². The first-order chi connectivity index (χ1) is 13.4. The van der Waals surface area contributed by atoms with Gasteiger partial charge in [-0.05, 0) is 24.2 Å². The molecule has 1 aromatic heterocycles. The van der Waals surface area contributed by atoms with Crippen molar-refractivity contribution in [3.05, 3.63) is 68.6 Å². The van der Waals surface area contributed by atoms with Crippen LogP contribution < -0.4 is 15.6 Å². The van der Waals surface area contributed by atoms with Crippen molar-refractivity contribution in [3.63, 3.8) is 0 Å². The molecule has 1 amide bonds. The number of hydrogen-bond donors (Lipinski definition) is 2. The lowest BCUT2D eigenvalue weighted by molar-refractivity contribution is -0.138. The Kier molecular flexibility index (Phi) is 7.09. The minimum atomic E-state index is -4.71. The quantitative estimate of drug-likeness (QED) is 0.671. The van der Waals surface area contributed by atoms with Crippen LogP contribution in [0.4, 0.5) is 13.2 Å². The standard InChI is InChI=1S/C17H17ClF3N3O4S/c1-22-29(27,28)10-12-4-2-11(3-5-12)7-23-15(25)9-24-8-13(17(19,20)21)6-14(18)16(24)26/h2-6,8,22H,7,9-10H2,1H3,(H,23,25). The molecule has 0 bridgehead atoms. The third-order valence-corrected chi connectivity index (χ3v) is 5.47. The molecule has 2 aromatic rings. The number of aromatic nitrogens is 1. The molecule has 0 saturated heterocycles. The Labute approximate surface area is 169 Å². The molecule has 158 valence electrons. The van der Waals surface area contributed by atoms with E-state index in [0.29, 0.717) is 28.0 Å². The molecule has 0 fully saturated rings. The second-order valence-corrected chi connectivity index (χ2v) is 8.40. The first kappa shape index (κ1) is 22.9. The maximum atomic E-state index is 12.8. The molecule has 0 unspecified atom stereocenters. The minimum absolute atomic E-state index is 0.0410. The van der Waals surface area contributed by atoms with Gasteiger partial charge in [-0.3, -0.25) is 9.59 Å². The highest BCUT2D eigenvalue weighted by molar-refractivity contribution is 7.88. The Morgan fingerprint density at radius 1 is 1.17 bits per heavy atom. The van der Waals surface area contributed by atoms with Crippen LogP contribution in [0.3, 0.4) is 0 Å². The molecule has 1 heterocycles. The molecule has 0 spiro atoms. The van der Waals surface area contributed by atoms with Crippen molar-refractivity contribution < 1.29 is 26.4 Å². The summed E-state index contributed by atoms with van der Waals surface area (Å²) in [7, 11) is -2.10. The minimum Gasteiger partial charge on any atom is -0.350 e. The molecular formula is C17H17ClF3N3O4S. The molecule has 12 heteroatoms. The maximum absolute atomic E-state index is 12.8. The molecular weight excluding hydrogens is 435 g/mol. The van der Waals surface area contributed by atoms with Crippen LogP contribution in [0.1, 0.15) is 16.7 Å². The van der Waals surface area contributed by atoms with E-state index >= 15 is 0 Å². The molecule has 29 heavy (non-hydrogen) atoms. The average Bonchev–Trinajstić information content (AvgIpc) is 2.63. The number of amides is 1. The molecule has 1 aromatic carbocycles. The lowest BCUT2D eigenvalue weighted by Crippen LogP contribution is -2.32. The molecule has 7 nitrogen and oxygen atoms in total. The van der Waals surface area contributed by atoms with E-state index in [-0.39, 0.29) is 12.3 Å². The summed E-state index contributed by atoms with van der Waals surface area (Å²) in [5.41, 5.74) is -0.870. The third kappa shape index (κ3) is 6.58. The highest BCUT2D eigenvalue weighted by Gasteiger charge is 2.32. The summed E-state index contributed by atoms with van der Waals surface area (Å²) < 4.78 is 64.3. The molecule has 0 aliphatic heterocycles. The van der Waals surface area contributed by atoms with Gasteiger partial charge in [0.25, 0.3) is 5.56 Å². The Morgan fingerprint density at radius 2 is 1.76 bits per heavy atom. The van der Waals surface area contributed by atoms with Gasteiger partial charge in [0.1, 0.15) is 11.6 Å². The van der Waals surface area contributed by atoms with E-state index in [1.807, 2.05) is 0 Å². The second kappa shape index (κ2) is 8.97. The zero-order valence-electron chi connectivity index (χ0n) is 15.1. The van der Waals surface area contributed by atoms with Gasteiger partial charge in [-0.25, -0.2) is 13.1 Å². The van der Waals surface area contributed by atoms with E-state index in [1.165, 1.54) is 7.05 Å². The number of nitrogens with zero attached hydrogens (tertiary/aromatic N) is 1. The van der Waals surface area contributed by atoms with E-state index in [0.717, 1.165) is 0 Å². The summed E-state index contributed by atoms with van der Waals surface area (Å²) in [5, 5.41) is 1.84. The topological polar surface area (TPSA) is 97.3 Å². The van der Waals surface area contributed by atoms with Crippen LogP contribution in [0.25, 0.3) is 0 Å². The van der Waals surface area contributed by atoms with E-state index < -0.39 is 44.8 Å². The number of carbonyl (C=O) groups excluding carboxylic acids is 1. The number of hydrogen-bond acceptors (Lipinski definition) is 4. The van der Waals surface area contributed by atoms with Crippen LogP contribution in [-0.4, -0.2) is 25.9 Å². The molecule has 0 aliphatic rings. The van der Waals surface area contributed by atoms with Crippen molar-refractivity contribution >= 4 is 27.5 Å². The highest BCUT2D eigenvalue weighted by atomic mass is 35.5. The normalized spacial score (nSPS) is 12.0. The lowest BCUT2D eigenvalue weighted by Gasteiger charge is -2.12. The van der Waals surface area contributed by atoms with Crippen LogP contribution in [0.15, 0.2) is 41.3 Å². The van der Waals surface area contributed by atoms with Crippen LogP contribution in [0.2, 0.25) is 5.02 Å². The summed E-state index contributed by atoms with van der Waals surface area (Å²) in [5.74, 6) is -0.889. The van der Waals surface area contributed by atoms with Crippen LogP contribution >= 0.6 is 11.6 Å². The van der Waals surface area contributed by atoms with Gasteiger partial charge in [-0.2, -0.15) is 13.2 Å². The molecule has 0 aliphatic carbocycles. The summed E-state index contributed by atoms with van der Waals surface area (Å²) in [6.45, 7) is -0.597. The van der Waals surface area contributed by atoms with Crippen molar-refractivity contribution in [2.24, 2.45) is 0 Å². The first-order valence-electron chi connectivity index (χ1n) is 8.14. The Balaban J connectivity index is 2.02. The molecule has 0 saturated carbocycles. The Hall–Kier alpha value is -2.37. The summed E-state index contributed by atoms with van der Waals surface area (Å²) >= 11 is 5.54. The fourth-order valence-corrected chi connectivity index (χ4v) is 3.33. The van der Waals surface area contributed by atoms with Gasteiger partial charge in [0.2, 0.25) is 15.9 Å². The van der Waals surface area contributed by atoms with Gasteiger partial charge in [-0.1, -0.05) is 35.9 Å². The number of benzene rings is 1. The highest BCUT2D eigenvalue weighted by Crippen LogP contribution is 2.29. The maximum Gasteiger partial charge on any atom is 0.417 e. The van der Waals surface area contributed by atoms with Gasteiger partial charge < -0.3 is 9.88 Å². The molecule has 0 radical (unpaired) electrons. The van der Waals surface area contributed by atoms with Crippen molar-refractivity contribution in [2.45, 2.75) is 25.0 Å². The van der Waals surface area contributed by atoms with Crippen molar-refractivity contribution in [3.8, 4) is 0 Å². The second-order valence-electron chi connectivity index (χ2n) is 6.06. The third-order valence-electron chi connectivity index (χ3n) is 3.86. The smallest absolute Gasteiger partial charge is 0.350 e. The van der Waals surface area contributed by atoms with Crippen LogP contribution in [-0.2, 0) is 39.8 Å². The summed E-state index contributed by atoms with van der Waals surface area (Å²) in [4.78, 5) is 23.9. The number of carbonyl (C=O) groups is 1. The summed E-state index contributed by atoms with van der Waals surface area (Å²) in [6.07, 6.45) is -4.18. The largest absolute Gasteiger partial charge is 0.417 e. The number of alkyl halides is 3.